The predicted octanol–water partition coefficient (Wildman–Crippen LogP) is 2.29. The molecular formula is C14H30N2O. The molecule has 0 aliphatic carbocycles. The van der Waals surface area contributed by atoms with E-state index in [0.29, 0.717) is 0 Å². The normalized spacial score (nSPS) is 11.0. The van der Waals surface area contributed by atoms with E-state index in [4.69, 9.17) is 4.74 Å². The Morgan fingerprint density at radius 3 is 2.65 bits per heavy atom. The Morgan fingerprint density at radius 1 is 1.18 bits per heavy atom. The molecule has 0 saturated carbocycles. The summed E-state index contributed by atoms with van der Waals surface area (Å²) in [6.07, 6.45) is 7.05. The van der Waals surface area contributed by atoms with Gasteiger partial charge in [0.2, 0.25) is 0 Å². The summed E-state index contributed by atoms with van der Waals surface area (Å²) in [7, 11) is 1.76. The molecule has 102 valence electrons. The lowest BCUT2D eigenvalue weighted by Gasteiger charge is -2.19. The molecule has 3 heteroatoms. The Hall–Kier alpha value is -0.380. The Balaban J connectivity index is 3.36. The largest absolute Gasteiger partial charge is 0.383 e. The summed E-state index contributed by atoms with van der Waals surface area (Å²) in [6, 6.07) is 0. The number of nitrogens with one attached hydrogen (secondary N) is 1. The lowest BCUT2D eigenvalue weighted by atomic mass is 10.2. The third kappa shape index (κ3) is 11.9. The van der Waals surface area contributed by atoms with Gasteiger partial charge in [-0.2, -0.15) is 0 Å². The minimum atomic E-state index is 0.811. The summed E-state index contributed by atoms with van der Waals surface area (Å²) >= 11 is 0. The SMILES string of the molecule is C=CCN(CCCCCNCCC)CCOC. The molecule has 1 N–H and O–H groups in total. The van der Waals surface area contributed by atoms with Crippen molar-refractivity contribution in [3.8, 4) is 0 Å². The zero-order valence-corrected chi connectivity index (χ0v) is 11.7. The third-order valence-corrected chi connectivity index (χ3v) is 2.75. The molecule has 0 aromatic rings. The number of nitrogens with zero attached hydrogens (tertiary/aromatic N) is 1. The van der Waals surface area contributed by atoms with E-state index in [1.807, 2.05) is 6.08 Å². The van der Waals surface area contributed by atoms with Gasteiger partial charge < -0.3 is 10.1 Å². The van der Waals surface area contributed by atoms with Crippen molar-refractivity contribution in [2.75, 3.05) is 46.4 Å². The molecule has 17 heavy (non-hydrogen) atoms. The highest BCUT2D eigenvalue weighted by molar-refractivity contribution is 4.73. The van der Waals surface area contributed by atoms with Crippen LogP contribution in [-0.4, -0.2) is 51.3 Å². The number of hydrogen-bond donors (Lipinski definition) is 1. The lowest BCUT2D eigenvalue weighted by molar-refractivity contribution is 0.153. The molecule has 0 saturated heterocycles. The Labute approximate surface area is 107 Å². The molecule has 3 nitrogen and oxygen atoms in total. The van der Waals surface area contributed by atoms with Gasteiger partial charge in [0.1, 0.15) is 0 Å². The van der Waals surface area contributed by atoms with Crippen LogP contribution in [0.3, 0.4) is 0 Å². The highest BCUT2D eigenvalue weighted by Crippen LogP contribution is 1.99. The molecule has 0 atom stereocenters. The van der Waals surface area contributed by atoms with E-state index >= 15 is 0 Å². The zero-order valence-electron chi connectivity index (χ0n) is 11.7. The van der Waals surface area contributed by atoms with Gasteiger partial charge in [0.15, 0.2) is 0 Å². The van der Waals surface area contributed by atoms with E-state index in [9.17, 15) is 0 Å². The molecule has 0 amide bonds. The van der Waals surface area contributed by atoms with Crippen molar-refractivity contribution in [3.05, 3.63) is 12.7 Å². The molecule has 0 radical (unpaired) electrons. The van der Waals surface area contributed by atoms with Crippen LogP contribution in [0, 0.1) is 0 Å². The van der Waals surface area contributed by atoms with Crippen LogP contribution in [0.15, 0.2) is 12.7 Å². The van der Waals surface area contributed by atoms with Crippen LogP contribution >= 0.6 is 0 Å². The van der Waals surface area contributed by atoms with Gasteiger partial charge in [-0.15, -0.1) is 6.58 Å². The first-order chi connectivity index (χ1) is 8.35. The molecular weight excluding hydrogens is 212 g/mol. The van der Waals surface area contributed by atoms with Crippen molar-refractivity contribution in [1.29, 1.82) is 0 Å². The monoisotopic (exact) mass is 242 g/mol. The van der Waals surface area contributed by atoms with Crippen molar-refractivity contribution < 1.29 is 4.74 Å². The van der Waals surface area contributed by atoms with E-state index in [1.54, 1.807) is 7.11 Å². The molecule has 0 fully saturated rings. The maximum absolute atomic E-state index is 5.10. The van der Waals surface area contributed by atoms with Gasteiger partial charge in [0.05, 0.1) is 6.61 Å². The molecule has 0 rings (SSSR count). The van der Waals surface area contributed by atoms with Crippen molar-refractivity contribution in [2.24, 2.45) is 0 Å². The van der Waals surface area contributed by atoms with Gasteiger partial charge in [-0.1, -0.05) is 19.4 Å². The molecule has 0 aromatic carbocycles. The van der Waals surface area contributed by atoms with Gasteiger partial charge in [-0.3, -0.25) is 4.90 Å². The van der Waals surface area contributed by atoms with Crippen molar-refractivity contribution >= 4 is 0 Å². The number of rotatable bonds is 13. The van der Waals surface area contributed by atoms with Crippen LogP contribution in [0.1, 0.15) is 32.6 Å². The fraction of sp³-hybridized carbons (Fsp3) is 0.857. The van der Waals surface area contributed by atoms with Crippen LogP contribution in [0.2, 0.25) is 0 Å². The first-order valence-corrected chi connectivity index (χ1v) is 6.88. The molecule has 0 heterocycles. The summed E-state index contributed by atoms with van der Waals surface area (Å²) in [5.74, 6) is 0. The Bertz CT molecular complexity index is 162. The second-order valence-electron chi connectivity index (χ2n) is 4.39. The van der Waals surface area contributed by atoms with Crippen LogP contribution in [0.25, 0.3) is 0 Å². The van der Waals surface area contributed by atoms with Crippen molar-refractivity contribution in [3.63, 3.8) is 0 Å². The molecule has 0 unspecified atom stereocenters. The number of methoxy groups -OCH3 is 1. The smallest absolute Gasteiger partial charge is 0.0589 e. The first-order valence-electron chi connectivity index (χ1n) is 6.88. The summed E-state index contributed by atoms with van der Waals surface area (Å²) in [5, 5.41) is 3.43. The van der Waals surface area contributed by atoms with Gasteiger partial charge in [0, 0.05) is 20.2 Å². The Morgan fingerprint density at radius 2 is 2.00 bits per heavy atom. The van der Waals surface area contributed by atoms with Crippen LogP contribution in [0.5, 0.6) is 0 Å². The fourth-order valence-corrected chi connectivity index (χ4v) is 1.76. The van der Waals surface area contributed by atoms with Crippen molar-refractivity contribution in [2.45, 2.75) is 32.6 Å². The van der Waals surface area contributed by atoms with E-state index in [2.05, 4.69) is 23.7 Å². The molecule has 0 aliphatic rings. The minimum absolute atomic E-state index is 0.811. The van der Waals surface area contributed by atoms with E-state index in [-0.39, 0.29) is 0 Å². The fourth-order valence-electron chi connectivity index (χ4n) is 1.76. The number of hydrogen-bond acceptors (Lipinski definition) is 3. The minimum Gasteiger partial charge on any atom is -0.383 e. The molecule has 0 aliphatic heterocycles. The Kier molecular flexibility index (Phi) is 13.4. The average molecular weight is 242 g/mol. The van der Waals surface area contributed by atoms with E-state index in [0.717, 1.165) is 39.3 Å². The first kappa shape index (κ1) is 16.6. The highest BCUT2D eigenvalue weighted by atomic mass is 16.5. The van der Waals surface area contributed by atoms with Gasteiger partial charge in [0.25, 0.3) is 0 Å². The molecule has 0 bridgehead atoms. The summed E-state index contributed by atoms with van der Waals surface area (Å²) in [4.78, 5) is 2.40. The van der Waals surface area contributed by atoms with Crippen molar-refractivity contribution in [1.82, 2.24) is 10.2 Å². The average Bonchev–Trinajstić information content (AvgIpc) is 2.34. The summed E-state index contributed by atoms with van der Waals surface area (Å²) in [6.45, 7) is 12.3. The third-order valence-electron chi connectivity index (χ3n) is 2.75. The highest BCUT2D eigenvalue weighted by Gasteiger charge is 2.01. The topological polar surface area (TPSA) is 24.5 Å². The lowest BCUT2D eigenvalue weighted by Crippen LogP contribution is -2.28. The quantitative estimate of drug-likeness (QED) is 0.396. The second kappa shape index (κ2) is 13.7. The molecule has 0 spiro atoms. The van der Waals surface area contributed by atoms with Crippen LogP contribution < -0.4 is 5.32 Å². The summed E-state index contributed by atoms with van der Waals surface area (Å²) < 4.78 is 5.10. The number of unbranched alkanes of at least 4 members (excludes halogenated alkanes) is 2. The zero-order chi connectivity index (χ0) is 12.8. The van der Waals surface area contributed by atoms with E-state index < -0.39 is 0 Å². The second-order valence-corrected chi connectivity index (χ2v) is 4.39. The maximum atomic E-state index is 5.10. The van der Waals surface area contributed by atoms with Gasteiger partial charge in [-0.25, -0.2) is 0 Å². The predicted molar refractivity (Wildman–Crippen MR) is 75.5 cm³/mol. The summed E-state index contributed by atoms with van der Waals surface area (Å²) in [5.41, 5.74) is 0. The van der Waals surface area contributed by atoms with Crippen LogP contribution in [-0.2, 0) is 4.74 Å². The number of ether oxygens (including phenoxy) is 1. The van der Waals surface area contributed by atoms with Gasteiger partial charge in [-0.05, 0) is 38.9 Å². The van der Waals surface area contributed by atoms with Gasteiger partial charge >= 0.3 is 0 Å². The maximum Gasteiger partial charge on any atom is 0.0589 e. The molecule has 0 aromatic heterocycles. The van der Waals surface area contributed by atoms with E-state index in [1.165, 1.54) is 25.7 Å². The van der Waals surface area contributed by atoms with Crippen LogP contribution in [0.4, 0.5) is 0 Å². The standard InChI is InChI=1S/C14H30N2O/c1-4-9-15-10-7-6-8-12-16(11-5-2)13-14-17-3/h5,15H,2,4,6-14H2,1,3H3.